The predicted octanol–water partition coefficient (Wildman–Crippen LogP) is 2.49. The number of carbonyl (C=O) groups is 1. The molecule has 19 heavy (non-hydrogen) atoms. The summed E-state index contributed by atoms with van der Waals surface area (Å²) in [6.07, 6.45) is 0.878. The minimum Gasteiger partial charge on any atom is -0.355 e. The molecule has 1 heterocycles. The van der Waals surface area contributed by atoms with E-state index in [1.54, 1.807) is 4.68 Å². The molecule has 0 aliphatic rings. The van der Waals surface area contributed by atoms with E-state index in [0.29, 0.717) is 5.56 Å². The van der Waals surface area contributed by atoms with Crippen molar-refractivity contribution in [2.75, 3.05) is 11.9 Å². The zero-order chi connectivity index (χ0) is 14.0. The molecule has 0 saturated heterocycles. The van der Waals surface area contributed by atoms with E-state index < -0.39 is 0 Å². The monoisotopic (exact) mass is 257 g/mol. The number of rotatable bonds is 4. The molecule has 0 unspecified atom stereocenters. The number of hydrogen-bond donors (Lipinski definition) is 0. The second-order valence-electron chi connectivity index (χ2n) is 4.91. The van der Waals surface area contributed by atoms with Crippen LogP contribution in [0.15, 0.2) is 24.3 Å². The van der Waals surface area contributed by atoms with Crippen molar-refractivity contribution >= 4 is 12.1 Å². The van der Waals surface area contributed by atoms with E-state index in [1.165, 1.54) is 11.1 Å². The largest absolute Gasteiger partial charge is 0.355 e. The quantitative estimate of drug-likeness (QED) is 0.790. The van der Waals surface area contributed by atoms with Crippen molar-refractivity contribution < 1.29 is 4.79 Å². The van der Waals surface area contributed by atoms with Crippen molar-refractivity contribution in [3.8, 4) is 0 Å². The van der Waals surface area contributed by atoms with Crippen molar-refractivity contribution in [3.05, 3.63) is 46.6 Å². The average Bonchev–Trinajstić information content (AvgIpc) is 2.66. The fraction of sp³-hybridized carbons (Fsp3) is 0.333. The Hall–Kier alpha value is -2.10. The van der Waals surface area contributed by atoms with E-state index in [1.807, 2.05) is 21.0 Å². The third-order valence-corrected chi connectivity index (χ3v) is 3.26. The molecule has 0 saturated carbocycles. The molecular formula is C15H19N3O. The van der Waals surface area contributed by atoms with Gasteiger partial charge in [0.2, 0.25) is 0 Å². The van der Waals surface area contributed by atoms with Crippen LogP contribution >= 0.6 is 0 Å². The summed E-state index contributed by atoms with van der Waals surface area (Å²) in [5.74, 6) is 0.855. The van der Waals surface area contributed by atoms with Crippen LogP contribution in [0.25, 0.3) is 0 Å². The minimum atomic E-state index is 0.664. The van der Waals surface area contributed by atoms with Gasteiger partial charge in [0.25, 0.3) is 0 Å². The van der Waals surface area contributed by atoms with E-state index in [0.717, 1.165) is 24.3 Å². The summed E-state index contributed by atoms with van der Waals surface area (Å²) in [5, 5.41) is 4.30. The molecule has 0 aliphatic carbocycles. The van der Waals surface area contributed by atoms with Gasteiger partial charge in [-0.15, -0.1) is 0 Å². The number of aryl methyl sites for hydroxylation is 3. The van der Waals surface area contributed by atoms with Crippen molar-refractivity contribution in [3.63, 3.8) is 0 Å². The molecule has 0 radical (unpaired) electrons. The molecule has 0 spiro atoms. The van der Waals surface area contributed by atoms with Crippen LogP contribution in [0.1, 0.15) is 27.2 Å². The first-order valence-electron chi connectivity index (χ1n) is 6.28. The maximum atomic E-state index is 11.2. The predicted molar refractivity (Wildman–Crippen MR) is 76.6 cm³/mol. The average molecular weight is 257 g/mol. The number of hydrogen-bond acceptors (Lipinski definition) is 3. The Morgan fingerprint density at radius 3 is 2.47 bits per heavy atom. The second kappa shape index (κ2) is 5.26. The summed E-state index contributed by atoms with van der Waals surface area (Å²) in [7, 11) is 3.84. The van der Waals surface area contributed by atoms with Gasteiger partial charge in [-0.1, -0.05) is 29.8 Å². The summed E-state index contributed by atoms with van der Waals surface area (Å²) in [6.45, 7) is 4.68. The van der Waals surface area contributed by atoms with Crippen LogP contribution < -0.4 is 4.90 Å². The van der Waals surface area contributed by atoms with Gasteiger partial charge >= 0.3 is 0 Å². The van der Waals surface area contributed by atoms with Crippen LogP contribution in [0, 0.1) is 13.8 Å². The molecule has 1 aromatic heterocycles. The smallest absolute Gasteiger partial charge is 0.155 e. The Balaban J connectivity index is 2.27. The third kappa shape index (κ3) is 2.67. The standard InChI is InChI=1S/C15H19N3O/c1-11-5-7-13(8-6-11)9-17(3)15-14(10-19)12(2)16-18(15)4/h5-8,10H,9H2,1-4H3. The highest BCUT2D eigenvalue weighted by Gasteiger charge is 2.16. The Kier molecular flexibility index (Phi) is 3.69. The molecule has 4 nitrogen and oxygen atoms in total. The molecule has 2 rings (SSSR count). The lowest BCUT2D eigenvalue weighted by Gasteiger charge is -2.20. The summed E-state index contributed by atoms with van der Waals surface area (Å²) >= 11 is 0. The maximum Gasteiger partial charge on any atom is 0.155 e. The van der Waals surface area contributed by atoms with Crippen molar-refractivity contribution in [2.24, 2.45) is 7.05 Å². The Morgan fingerprint density at radius 2 is 1.89 bits per heavy atom. The van der Waals surface area contributed by atoms with Gasteiger partial charge in [0, 0.05) is 20.6 Å². The Morgan fingerprint density at radius 1 is 1.26 bits per heavy atom. The number of anilines is 1. The summed E-state index contributed by atoms with van der Waals surface area (Å²) in [5.41, 5.74) is 3.89. The molecular weight excluding hydrogens is 238 g/mol. The number of carbonyl (C=O) groups excluding carboxylic acids is 1. The van der Waals surface area contributed by atoms with Gasteiger partial charge in [0.15, 0.2) is 6.29 Å². The van der Waals surface area contributed by atoms with E-state index in [9.17, 15) is 4.79 Å². The molecule has 0 amide bonds. The fourth-order valence-electron chi connectivity index (χ4n) is 2.30. The van der Waals surface area contributed by atoms with Gasteiger partial charge in [-0.2, -0.15) is 5.10 Å². The highest BCUT2D eigenvalue weighted by atomic mass is 16.1. The van der Waals surface area contributed by atoms with Crippen molar-refractivity contribution in [1.29, 1.82) is 0 Å². The second-order valence-corrected chi connectivity index (χ2v) is 4.91. The number of aromatic nitrogens is 2. The van der Waals surface area contributed by atoms with Gasteiger partial charge < -0.3 is 4.90 Å². The molecule has 0 fully saturated rings. The highest BCUT2D eigenvalue weighted by Crippen LogP contribution is 2.21. The molecule has 1 aromatic carbocycles. The lowest BCUT2D eigenvalue weighted by molar-refractivity contribution is 0.112. The van der Waals surface area contributed by atoms with Crippen LogP contribution in [0.5, 0.6) is 0 Å². The number of aldehydes is 1. The number of nitrogens with zero attached hydrogens (tertiary/aromatic N) is 3. The molecule has 0 bridgehead atoms. The molecule has 100 valence electrons. The topological polar surface area (TPSA) is 38.1 Å². The molecule has 0 aliphatic heterocycles. The van der Waals surface area contributed by atoms with Crippen LogP contribution in [0.4, 0.5) is 5.82 Å². The van der Waals surface area contributed by atoms with Gasteiger partial charge in [-0.25, -0.2) is 0 Å². The van der Waals surface area contributed by atoms with Crippen molar-refractivity contribution in [1.82, 2.24) is 9.78 Å². The van der Waals surface area contributed by atoms with E-state index in [4.69, 9.17) is 0 Å². The first kappa shape index (κ1) is 13.3. The lowest BCUT2D eigenvalue weighted by Crippen LogP contribution is -2.20. The fourth-order valence-corrected chi connectivity index (χ4v) is 2.30. The highest BCUT2D eigenvalue weighted by molar-refractivity contribution is 5.84. The van der Waals surface area contributed by atoms with E-state index >= 15 is 0 Å². The molecule has 2 aromatic rings. The first-order valence-corrected chi connectivity index (χ1v) is 6.28. The molecule has 0 atom stereocenters. The van der Waals surface area contributed by atoms with Gasteiger partial charge in [0.05, 0.1) is 11.3 Å². The van der Waals surface area contributed by atoms with Crippen LogP contribution in [-0.4, -0.2) is 23.1 Å². The van der Waals surface area contributed by atoms with Gasteiger partial charge in [0.1, 0.15) is 5.82 Å². The van der Waals surface area contributed by atoms with Crippen LogP contribution in [0.2, 0.25) is 0 Å². The summed E-state index contributed by atoms with van der Waals surface area (Å²) < 4.78 is 1.76. The third-order valence-electron chi connectivity index (χ3n) is 3.26. The normalized spacial score (nSPS) is 10.5. The SMILES string of the molecule is Cc1ccc(CN(C)c2c(C=O)c(C)nn2C)cc1. The van der Waals surface area contributed by atoms with Crippen LogP contribution in [-0.2, 0) is 13.6 Å². The van der Waals surface area contributed by atoms with E-state index in [2.05, 4.69) is 41.2 Å². The summed E-state index contributed by atoms with van der Waals surface area (Å²) in [6, 6.07) is 8.40. The molecule has 4 heteroatoms. The van der Waals surface area contributed by atoms with Crippen LogP contribution in [0.3, 0.4) is 0 Å². The first-order chi connectivity index (χ1) is 9.02. The Bertz CT molecular complexity index is 584. The minimum absolute atomic E-state index is 0.664. The maximum absolute atomic E-state index is 11.2. The zero-order valence-electron chi connectivity index (χ0n) is 11.8. The molecule has 0 N–H and O–H groups in total. The number of benzene rings is 1. The van der Waals surface area contributed by atoms with E-state index in [-0.39, 0.29) is 0 Å². The van der Waals surface area contributed by atoms with Gasteiger partial charge in [-0.05, 0) is 19.4 Å². The lowest BCUT2D eigenvalue weighted by atomic mass is 10.1. The van der Waals surface area contributed by atoms with Gasteiger partial charge in [-0.3, -0.25) is 9.48 Å². The summed E-state index contributed by atoms with van der Waals surface area (Å²) in [4.78, 5) is 13.2. The zero-order valence-corrected chi connectivity index (χ0v) is 11.8. The Labute approximate surface area is 113 Å². The van der Waals surface area contributed by atoms with Crippen molar-refractivity contribution in [2.45, 2.75) is 20.4 Å².